The largest absolute Gasteiger partial charge is 0.327 e. The summed E-state index contributed by atoms with van der Waals surface area (Å²) in [5.74, 6) is 0.157. The zero-order valence-electron chi connectivity index (χ0n) is 17.3. The predicted octanol–water partition coefficient (Wildman–Crippen LogP) is 6.36. The number of hydrogen-bond acceptors (Lipinski definition) is 1. The Bertz CT molecular complexity index is 1030. The Balaban J connectivity index is 1.98. The minimum Gasteiger partial charge on any atom is -0.327 e. The van der Waals surface area contributed by atoms with Gasteiger partial charge in [0.1, 0.15) is 0 Å². The lowest BCUT2D eigenvalue weighted by Crippen LogP contribution is -2.41. The lowest BCUT2D eigenvalue weighted by molar-refractivity contribution is -0.141. The van der Waals surface area contributed by atoms with E-state index in [1.807, 2.05) is 32.9 Å². The summed E-state index contributed by atoms with van der Waals surface area (Å²) in [4.78, 5) is 15.7. The van der Waals surface area contributed by atoms with E-state index in [-0.39, 0.29) is 11.9 Å². The van der Waals surface area contributed by atoms with Crippen molar-refractivity contribution in [3.63, 3.8) is 0 Å². The molecule has 146 valence electrons. The van der Waals surface area contributed by atoms with E-state index < -0.39 is 5.41 Å². The molecule has 1 aliphatic rings. The molecule has 1 aliphatic heterocycles. The summed E-state index contributed by atoms with van der Waals surface area (Å²) in [5, 5.41) is 0. The zero-order chi connectivity index (χ0) is 20.4. The van der Waals surface area contributed by atoms with Gasteiger partial charge in [0, 0.05) is 12.0 Å². The van der Waals surface area contributed by atoms with Gasteiger partial charge in [-0.25, -0.2) is 0 Å². The maximum Gasteiger partial charge on any atom is 0.229 e. The number of benzene rings is 3. The van der Waals surface area contributed by atoms with Gasteiger partial charge in [0.25, 0.3) is 0 Å². The summed E-state index contributed by atoms with van der Waals surface area (Å²) in [6.07, 6.45) is 2.26. The minimum atomic E-state index is -0.464. The van der Waals surface area contributed by atoms with Gasteiger partial charge in [-0.1, -0.05) is 106 Å². The number of nitrogens with zero attached hydrogens (tertiary/aromatic N) is 1. The highest BCUT2D eigenvalue weighted by Crippen LogP contribution is 2.42. The first-order valence-corrected chi connectivity index (χ1v) is 10.2. The van der Waals surface area contributed by atoms with Gasteiger partial charge in [0.05, 0.1) is 6.04 Å². The first-order valence-electron chi connectivity index (χ1n) is 10.2. The number of hydrogen-bond donors (Lipinski definition) is 0. The molecule has 3 aromatic carbocycles. The van der Waals surface area contributed by atoms with Crippen LogP contribution in [0.2, 0.25) is 0 Å². The van der Waals surface area contributed by atoms with E-state index in [1.165, 1.54) is 11.1 Å². The molecule has 0 saturated carbocycles. The molecule has 1 atom stereocenters. The summed E-state index contributed by atoms with van der Waals surface area (Å²) in [6, 6.07) is 29.1. The number of carbonyl (C=O) groups excluding carboxylic acids is 1. The molecule has 0 bridgehead atoms. The molecule has 1 amide bonds. The fraction of sp³-hybridized carbons (Fsp3) is 0.222. The van der Waals surface area contributed by atoms with Gasteiger partial charge in [-0.2, -0.15) is 0 Å². The van der Waals surface area contributed by atoms with Crippen LogP contribution in [0.25, 0.3) is 11.6 Å². The third-order valence-corrected chi connectivity index (χ3v) is 5.44. The Morgan fingerprint density at radius 2 is 1.41 bits per heavy atom. The van der Waals surface area contributed by atoms with Crippen molar-refractivity contribution in [3.05, 3.63) is 107 Å². The molecule has 0 aromatic heterocycles. The van der Waals surface area contributed by atoms with Crippen LogP contribution in [0.3, 0.4) is 0 Å². The van der Waals surface area contributed by atoms with Crippen molar-refractivity contribution in [1.29, 1.82) is 0 Å². The van der Waals surface area contributed by atoms with Crippen molar-refractivity contribution in [2.75, 3.05) is 0 Å². The fourth-order valence-corrected chi connectivity index (χ4v) is 3.99. The minimum absolute atomic E-state index is 0.141. The smallest absolute Gasteiger partial charge is 0.229 e. The van der Waals surface area contributed by atoms with Gasteiger partial charge in [-0.3, -0.25) is 4.79 Å². The highest BCUT2D eigenvalue weighted by Gasteiger charge is 2.36. The van der Waals surface area contributed by atoms with Crippen LogP contribution in [-0.4, -0.2) is 10.8 Å². The fourth-order valence-electron chi connectivity index (χ4n) is 3.99. The quantitative estimate of drug-likeness (QED) is 0.506. The molecule has 0 saturated heterocycles. The molecule has 2 nitrogen and oxygen atoms in total. The van der Waals surface area contributed by atoms with E-state index in [9.17, 15) is 4.79 Å². The van der Waals surface area contributed by atoms with Gasteiger partial charge in [0.2, 0.25) is 5.91 Å². The van der Waals surface area contributed by atoms with E-state index in [2.05, 4.69) is 83.8 Å². The van der Waals surface area contributed by atoms with E-state index in [0.717, 1.165) is 16.7 Å². The van der Waals surface area contributed by atoms with E-state index in [4.69, 9.17) is 0 Å². The van der Waals surface area contributed by atoms with Crippen LogP contribution in [0, 0.1) is 5.41 Å². The Morgan fingerprint density at radius 1 is 0.828 bits per heavy atom. The molecular formula is C27H27NO. The summed E-state index contributed by atoms with van der Waals surface area (Å²) < 4.78 is 0. The second-order valence-electron chi connectivity index (χ2n) is 8.66. The molecule has 1 unspecified atom stereocenters. The average molecular weight is 382 g/mol. The predicted molar refractivity (Wildman–Crippen MR) is 120 cm³/mol. The van der Waals surface area contributed by atoms with Crippen LogP contribution in [0.1, 0.15) is 49.1 Å². The van der Waals surface area contributed by atoms with Crippen molar-refractivity contribution >= 4 is 17.6 Å². The lowest BCUT2D eigenvalue weighted by atomic mass is 9.88. The maximum absolute atomic E-state index is 13.6. The van der Waals surface area contributed by atoms with Crippen LogP contribution >= 0.6 is 0 Å². The summed E-state index contributed by atoms with van der Waals surface area (Å²) >= 11 is 0. The topological polar surface area (TPSA) is 20.3 Å². The highest BCUT2D eigenvalue weighted by atomic mass is 16.2. The Hall–Kier alpha value is -3.13. The molecule has 3 aromatic rings. The number of fused-ring (bicyclic) bond motifs is 1. The molecule has 0 radical (unpaired) electrons. The molecule has 0 N–H and O–H groups in total. The van der Waals surface area contributed by atoms with Gasteiger partial charge >= 0.3 is 0 Å². The standard InChI is InChI=1S/C27H27NO/c1-27(2,3)26(29)28-19-23-17-11-10-16-22(23)18-24(20-12-6-4-7-13-20)25(28)21-14-8-5-9-15-21/h4-18,25H,19H2,1-3H3. The van der Waals surface area contributed by atoms with Crippen LogP contribution < -0.4 is 0 Å². The third kappa shape index (κ3) is 3.88. The van der Waals surface area contributed by atoms with Crippen LogP contribution in [0.5, 0.6) is 0 Å². The van der Waals surface area contributed by atoms with Gasteiger partial charge in [0.15, 0.2) is 0 Å². The Kier molecular flexibility index (Phi) is 5.10. The summed E-state index contributed by atoms with van der Waals surface area (Å²) in [6.45, 7) is 6.60. The third-order valence-electron chi connectivity index (χ3n) is 5.44. The molecule has 0 aliphatic carbocycles. The monoisotopic (exact) mass is 381 g/mol. The van der Waals surface area contributed by atoms with Gasteiger partial charge < -0.3 is 4.90 Å². The second-order valence-corrected chi connectivity index (χ2v) is 8.66. The normalized spacial score (nSPS) is 16.6. The second kappa shape index (κ2) is 7.71. The summed E-state index contributed by atoms with van der Waals surface area (Å²) in [5.41, 5.74) is 5.32. The lowest BCUT2D eigenvalue weighted by Gasteiger charge is -2.37. The average Bonchev–Trinajstić information content (AvgIpc) is 2.91. The first kappa shape index (κ1) is 19.2. The zero-order valence-corrected chi connectivity index (χ0v) is 17.3. The molecule has 29 heavy (non-hydrogen) atoms. The molecule has 2 heteroatoms. The van der Waals surface area contributed by atoms with Crippen molar-refractivity contribution in [1.82, 2.24) is 4.90 Å². The molecule has 0 spiro atoms. The number of amides is 1. The van der Waals surface area contributed by atoms with Crippen molar-refractivity contribution in [3.8, 4) is 0 Å². The first-order chi connectivity index (χ1) is 13.9. The summed E-state index contributed by atoms with van der Waals surface area (Å²) in [7, 11) is 0. The van der Waals surface area contributed by atoms with E-state index in [1.54, 1.807) is 0 Å². The maximum atomic E-state index is 13.6. The van der Waals surface area contributed by atoms with Crippen LogP contribution in [-0.2, 0) is 11.3 Å². The van der Waals surface area contributed by atoms with Crippen LogP contribution in [0.4, 0.5) is 0 Å². The SMILES string of the molecule is CC(C)(C)C(=O)N1Cc2ccccc2C=C(c2ccccc2)C1c1ccccc1. The number of rotatable bonds is 2. The van der Waals surface area contributed by atoms with Crippen molar-refractivity contribution in [2.45, 2.75) is 33.4 Å². The van der Waals surface area contributed by atoms with Gasteiger partial charge in [-0.15, -0.1) is 0 Å². The number of carbonyl (C=O) groups is 1. The molecule has 1 heterocycles. The van der Waals surface area contributed by atoms with E-state index in [0.29, 0.717) is 6.54 Å². The molecule has 4 rings (SSSR count). The molecular weight excluding hydrogens is 354 g/mol. The van der Waals surface area contributed by atoms with E-state index >= 15 is 0 Å². The van der Waals surface area contributed by atoms with Crippen LogP contribution in [0.15, 0.2) is 84.9 Å². The van der Waals surface area contributed by atoms with Gasteiger partial charge in [-0.05, 0) is 33.9 Å². The Morgan fingerprint density at radius 3 is 2.07 bits per heavy atom. The van der Waals surface area contributed by atoms with Crippen molar-refractivity contribution < 1.29 is 4.79 Å². The highest BCUT2D eigenvalue weighted by molar-refractivity contribution is 5.91. The van der Waals surface area contributed by atoms with Crippen molar-refractivity contribution in [2.24, 2.45) is 5.41 Å². The Labute approximate surface area is 173 Å². The molecule has 0 fully saturated rings.